The van der Waals surface area contributed by atoms with E-state index in [1.165, 1.54) is 23.9 Å². The number of hydrogen-bond acceptors (Lipinski definition) is 7. The third-order valence-electron chi connectivity index (χ3n) is 6.73. The summed E-state index contributed by atoms with van der Waals surface area (Å²) in [6.45, 7) is 3.85. The van der Waals surface area contributed by atoms with Crippen molar-refractivity contribution in [3.63, 3.8) is 0 Å². The Labute approximate surface area is 206 Å². The monoisotopic (exact) mass is 503 g/mol. The van der Waals surface area contributed by atoms with E-state index in [9.17, 15) is 18.3 Å². The van der Waals surface area contributed by atoms with Crippen LogP contribution in [-0.4, -0.2) is 82.1 Å². The van der Waals surface area contributed by atoms with Gasteiger partial charge in [0.05, 0.1) is 25.5 Å². The van der Waals surface area contributed by atoms with Crippen molar-refractivity contribution in [2.45, 2.75) is 50.3 Å². The van der Waals surface area contributed by atoms with Gasteiger partial charge in [-0.1, -0.05) is 13.0 Å². The molecule has 3 atom stereocenters. The number of amides is 1. The SMILES string of the molecule is C[C@@H]1CN([C@@H](C)CO)C(=O)c2cc(C3=CCCC3)cnc2O[C@H]1CN(C)S(=O)(=O)c1cn(C)cn1. The predicted molar refractivity (Wildman–Crippen MR) is 130 cm³/mol. The Balaban J connectivity index is 1.68. The second-order valence-corrected chi connectivity index (χ2v) is 11.5. The van der Waals surface area contributed by atoms with Crippen molar-refractivity contribution in [1.29, 1.82) is 0 Å². The number of nitrogens with zero attached hydrogens (tertiary/aromatic N) is 5. The first-order valence-electron chi connectivity index (χ1n) is 11.8. The molecule has 1 aliphatic carbocycles. The van der Waals surface area contributed by atoms with Gasteiger partial charge in [0.2, 0.25) is 5.88 Å². The van der Waals surface area contributed by atoms with Gasteiger partial charge >= 0.3 is 0 Å². The molecule has 35 heavy (non-hydrogen) atoms. The fraction of sp³-hybridized carbons (Fsp3) is 0.542. The number of likely N-dealkylation sites (N-methyl/N-ethyl adjacent to an activating group) is 1. The Hall–Kier alpha value is -2.76. The fourth-order valence-corrected chi connectivity index (χ4v) is 5.60. The number of aliphatic hydroxyl groups excluding tert-OH is 1. The maximum Gasteiger partial charge on any atom is 0.261 e. The van der Waals surface area contributed by atoms with E-state index in [-0.39, 0.29) is 35.9 Å². The number of carbonyl (C=O) groups excluding carboxylic acids is 1. The van der Waals surface area contributed by atoms with Crippen molar-refractivity contribution in [3.05, 3.63) is 42.0 Å². The smallest absolute Gasteiger partial charge is 0.261 e. The number of hydrogen-bond donors (Lipinski definition) is 1. The van der Waals surface area contributed by atoms with Gasteiger partial charge in [-0.2, -0.15) is 4.31 Å². The summed E-state index contributed by atoms with van der Waals surface area (Å²) in [4.78, 5) is 23.6. The molecule has 1 N–H and O–H groups in total. The minimum absolute atomic E-state index is 0.0419. The topological polar surface area (TPSA) is 118 Å². The van der Waals surface area contributed by atoms with Crippen LogP contribution >= 0.6 is 0 Å². The molecule has 0 unspecified atom stereocenters. The molecule has 10 nitrogen and oxygen atoms in total. The van der Waals surface area contributed by atoms with Gasteiger partial charge in [0.25, 0.3) is 15.9 Å². The number of rotatable bonds is 7. The molecule has 1 amide bonds. The van der Waals surface area contributed by atoms with Gasteiger partial charge in [-0.05, 0) is 43.4 Å². The van der Waals surface area contributed by atoms with Gasteiger partial charge in [-0.3, -0.25) is 4.79 Å². The molecule has 0 fully saturated rings. The number of aliphatic hydroxyl groups is 1. The van der Waals surface area contributed by atoms with E-state index in [2.05, 4.69) is 16.0 Å². The highest BCUT2D eigenvalue weighted by Gasteiger charge is 2.36. The number of pyridine rings is 1. The molecule has 0 saturated carbocycles. The normalized spacial score (nSPS) is 21.8. The van der Waals surface area contributed by atoms with Gasteiger partial charge in [0.1, 0.15) is 11.7 Å². The summed E-state index contributed by atoms with van der Waals surface area (Å²) in [6, 6.07) is 1.39. The van der Waals surface area contributed by atoms with Crippen LogP contribution < -0.4 is 4.74 Å². The third kappa shape index (κ3) is 5.12. The highest BCUT2D eigenvalue weighted by atomic mass is 32.2. The standard InChI is InChI=1S/C24H33N5O5S/c1-16-11-29(17(2)14-30)24(31)20-9-19(18-7-5-6-8-18)10-25-23(20)34-21(16)12-28(4)35(32,33)22-13-27(3)15-26-22/h7,9-10,13,15-17,21,30H,5-6,8,11-12,14H2,1-4H3/t16-,17+,21+/m1/s1. The lowest BCUT2D eigenvalue weighted by atomic mass is 9.99. The highest BCUT2D eigenvalue weighted by molar-refractivity contribution is 7.89. The van der Waals surface area contributed by atoms with Crippen LogP contribution in [0.25, 0.3) is 5.57 Å². The maximum atomic E-state index is 13.5. The molecule has 2 aliphatic rings. The average molecular weight is 504 g/mol. The Morgan fingerprint density at radius 3 is 2.74 bits per heavy atom. The Bertz CT molecular complexity index is 1220. The zero-order chi connectivity index (χ0) is 25.3. The number of allylic oxidation sites excluding steroid dienone is 2. The predicted octanol–water partition coefficient (Wildman–Crippen LogP) is 1.92. The molecule has 4 rings (SSSR count). The van der Waals surface area contributed by atoms with Crippen molar-refractivity contribution in [2.75, 3.05) is 26.7 Å². The summed E-state index contributed by atoms with van der Waals surface area (Å²) >= 11 is 0. The van der Waals surface area contributed by atoms with Crippen LogP contribution in [0.2, 0.25) is 0 Å². The fourth-order valence-electron chi connectivity index (χ4n) is 4.46. The molecular weight excluding hydrogens is 470 g/mol. The lowest BCUT2D eigenvalue weighted by Gasteiger charge is -2.37. The van der Waals surface area contributed by atoms with Crippen molar-refractivity contribution >= 4 is 21.5 Å². The number of ether oxygens (including phenoxy) is 1. The minimum atomic E-state index is -3.83. The summed E-state index contributed by atoms with van der Waals surface area (Å²) in [5, 5.41) is 9.79. The third-order valence-corrected chi connectivity index (χ3v) is 8.43. The number of fused-ring (bicyclic) bond motifs is 1. The van der Waals surface area contributed by atoms with Crippen LogP contribution in [0.5, 0.6) is 5.88 Å². The first kappa shape index (κ1) is 25.3. The van der Waals surface area contributed by atoms with Gasteiger partial charge in [-0.25, -0.2) is 18.4 Å². The highest BCUT2D eigenvalue weighted by Crippen LogP contribution is 2.32. The van der Waals surface area contributed by atoms with Gasteiger partial charge in [0.15, 0.2) is 5.03 Å². The molecule has 0 bridgehead atoms. The Kier molecular flexibility index (Phi) is 7.30. The largest absolute Gasteiger partial charge is 0.472 e. The van der Waals surface area contributed by atoms with Crippen LogP contribution in [0.15, 0.2) is 35.9 Å². The van der Waals surface area contributed by atoms with Crippen LogP contribution in [0, 0.1) is 5.92 Å². The van der Waals surface area contributed by atoms with E-state index in [0.29, 0.717) is 12.1 Å². The Morgan fingerprint density at radius 1 is 1.34 bits per heavy atom. The van der Waals surface area contributed by atoms with E-state index >= 15 is 0 Å². The van der Waals surface area contributed by atoms with Crippen LogP contribution in [0.1, 0.15) is 49.0 Å². The van der Waals surface area contributed by atoms with Crippen LogP contribution in [-0.2, 0) is 17.1 Å². The molecule has 2 aromatic heterocycles. The molecule has 11 heteroatoms. The minimum Gasteiger partial charge on any atom is -0.472 e. The molecule has 2 aromatic rings. The molecule has 0 saturated heterocycles. The quantitative estimate of drug-likeness (QED) is 0.613. The molecule has 190 valence electrons. The van der Waals surface area contributed by atoms with Crippen molar-refractivity contribution in [2.24, 2.45) is 13.0 Å². The van der Waals surface area contributed by atoms with E-state index in [1.54, 1.807) is 35.7 Å². The zero-order valence-electron chi connectivity index (χ0n) is 20.6. The van der Waals surface area contributed by atoms with Crippen molar-refractivity contribution < 1.29 is 23.1 Å². The van der Waals surface area contributed by atoms with E-state index < -0.39 is 22.2 Å². The van der Waals surface area contributed by atoms with Crippen LogP contribution in [0.4, 0.5) is 0 Å². The summed E-state index contributed by atoms with van der Waals surface area (Å²) < 4.78 is 35.2. The first-order valence-corrected chi connectivity index (χ1v) is 13.3. The summed E-state index contributed by atoms with van der Waals surface area (Å²) in [7, 11) is -0.634. The summed E-state index contributed by atoms with van der Waals surface area (Å²) in [5.74, 6) is -0.316. The van der Waals surface area contributed by atoms with E-state index in [1.807, 2.05) is 6.92 Å². The number of aromatic nitrogens is 3. The lowest BCUT2D eigenvalue weighted by Crippen LogP contribution is -2.50. The number of aryl methyl sites for hydroxylation is 1. The Morgan fingerprint density at radius 2 is 2.11 bits per heavy atom. The number of imidazole rings is 1. The lowest BCUT2D eigenvalue weighted by molar-refractivity contribution is 0.0373. The molecule has 3 heterocycles. The second-order valence-electron chi connectivity index (χ2n) is 9.48. The maximum absolute atomic E-state index is 13.5. The molecule has 0 radical (unpaired) electrons. The number of sulfonamides is 1. The van der Waals surface area contributed by atoms with Crippen LogP contribution in [0.3, 0.4) is 0 Å². The molecule has 0 aromatic carbocycles. The van der Waals surface area contributed by atoms with Crippen molar-refractivity contribution in [3.8, 4) is 5.88 Å². The summed E-state index contributed by atoms with van der Waals surface area (Å²) in [5.41, 5.74) is 2.36. The molecule has 1 aliphatic heterocycles. The van der Waals surface area contributed by atoms with E-state index in [0.717, 1.165) is 30.4 Å². The second kappa shape index (κ2) is 10.1. The summed E-state index contributed by atoms with van der Waals surface area (Å²) in [6.07, 6.45) is 9.18. The average Bonchev–Trinajstić information content (AvgIpc) is 3.53. The van der Waals surface area contributed by atoms with E-state index in [4.69, 9.17) is 4.74 Å². The number of carbonyl (C=O) groups is 1. The van der Waals surface area contributed by atoms with Gasteiger partial charge < -0.3 is 19.3 Å². The molecule has 0 spiro atoms. The van der Waals surface area contributed by atoms with Crippen molar-refractivity contribution in [1.82, 2.24) is 23.7 Å². The zero-order valence-corrected chi connectivity index (χ0v) is 21.4. The first-order chi connectivity index (χ1) is 16.6. The van der Waals surface area contributed by atoms with Gasteiger partial charge in [0, 0.05) is 39.0 Å². The molecular formula is C24H33N5O5S. The van der Waals surface area contributed by atoms with Gasteiger partial charge in [-0.15, -0.1) is 0 Å².